The fraction of sp³-hybridized carbons (Fsp3) is 0.417. The second kappa shape index (κ2) is 4.94. The summed E-state index contributed by atoms with van der Waals surface area (Å²) in [6.45, 7) is 3.42. The van der Waals surface area contributed by atoms with Crippen molar-refractivity contribution in [2.45, 2.75) is 19.9 Å². The number of amides is 1. The predicted octanol–water partition coefficient (Wildman–Crippen LogP) is 1.51. The molecule has 1 N–H and O–H groups in total. The van der Waals surface area contributed by atoms with Crippen LogP contribution in [0.5, 0.6) is 0 Å². The van der Waals surface area contributed by atoms with E-state index in [1.165, 1.54) is 6.92 Å². The highest BCUT2D eigenvalue weighted by Gasteiger charge is 2.19. The third-order valence-corrected chi connectivity index (χ3v) is 2.68. The first kappa shape index (κ1) is 11.7. The number of likely N-dealkylation sites (N-methyl/N-ethyl adjacent to an activating group) is 1. The Hall–Kier alpha value is -1.35. The summed E-state index contributed by atoms with van der Waals surface area (Å²) < 4.78 is 0. The Labute approximate surface area is 90.3 Å². The Bertz CT molecular complexity index is 349. The standard InChI is InChI=1S/C12H17NO2/c1-9-6-4-5-7-11(9)12(8-14)13(3)10(2)15/h4-7,12,14H,8H2,1-3H3. The monoisotopic (exact) mass is 207 g/mol. The number of rotatable bonds is 3. The molecule has 0 fully saturated rings. The first-order valence-corrected chi connectivity index (χ1v) is 4.97. The van der Waals surface area contributed by atoms with Crippen molar-refractivity contribution in [1.82, 2.24) is 4.90 Å². The number of hydrogen-bond donors (Lipinski definition) is 1. The van der Waals surface area contributed by atoms with Crippen LogP contribution >= 0.6 is 0 Å². The average Bonchev–Trinajstić information content (AvgIpc) is 2.21. The highest BCUT2D eigenvalue weighted by atomic mass is 16.3. The van der Waals surface area contributed by atoms with Crippen LogP contribution in [0.3, 0.4) is 0 Å². The molecule has 1 aromatic carbocycles. The van der Waals surface area contributed by atoms with Gasteiger partial charge in [-0.15, -0.1) is 0 Å². The van der Waals surface area contributed by atoms with Crippen molar-refractivity contribution in [2.24, 2.45) is 0 Å². The number of aryl methyl sites for hydroxylation is 1. The summed E-state index contributed by atoms with van der Waals surface area (Å²) in [7, 11) is 1.70. The van der Waals surface area contributed by atoms with E-state index in [2.05, 4.69) is 0 Å². The van der Waals surface area contributed by atoms with E-state index < -0.39 is 0 Å². The van der Waals surface area contributed by atoms with Crippen LogP contribution in [0, 0.1) is 6.92 Å². The Morgan fingerprint density at radius 2 is 2.07 bits per heavy atom. The maximum Gasteiger partial charge on any atom is 0.219 e. The van der Waals surface area contributed by atoms with Gasteiger partial charge in [0.15, 0.2) is 0 Å². The first-order chi connectivity index (χ1) is 7.07. The molecule has 82 valence electrons. The van der Waals surface area contributed by atoms with Crippen LogP contribution in [0.15, 0.2) is 24.3 Å². The van der Waals surface area contributed by atoms with Crippen LogP contribution in [0.4, 0.5) is 0 Å². The predicted molar refractivity (Wildman–Crippen MR) is 59.4 cm³/mol. The molecule has 3 nitrogen and oxygen atoms in total. The summed E-state index contributed by atoms with van der Waals surface area (Å²) in [5, 5.41) is 9.33. The zero-order valence-electron chi connectivity index (χ0n) is 9.40. The first-order valence-electron chi connectivity index (χ1n) is 4.97. The van der Waals surface area contributed by atoms with Gasteiger partial charge in [0.2, 0.25) is 5.91 Å². The molecule has 0 radical (unpaired) electrons. The molecule has 0 aromatic heterocycles. The van der Waals surface area contributed by atoms with Gasteiger partial charge in [-0.05, 0) is 18.1 Å². The summed E-state index contributed by atoms with van der Waals surface area (Å²) >= 11 is 0. The lowest BCUT2D eigenvalue weighted by Crippen LogP contribution is -2.31. The Balaban J connectivity index is 3.02. The lowest BCUT2D eigenvalue weighted by Gasteiger charge is -2.27. The summed E-state index contributed by atoms with van der Waals surface area (Å²) in [4.78, 5) is 12.8. The normalized spacial score (nSPS) is 12.3. The Morgan fingerprint density at radius 3 is 2.53 bits per heavy atom. The van der Waals surface area contributed by atoms with Gasteiger partial charge in [0, 0.05) is 14.0 Å². The molecule has 0 aliphatic rings. The molecule has 0 saturated heterocycles. The number of aliphatic hydroxyl groups is 1. The second-order valence-corrected chi connectivity index (χ2v) is 3.68. The van der Waals surface area contributed by atoms with E-state index in [1.54, 1.807) is 11.9 Å². The van der Waals surface area contributed by atoms with Gasteiger partial charge in [-0.1, -0.05) is 24.3 Å². The highest BCUT2D eigenvalue weighted by Crippen LogP contribution is 2.22. The van der Waals surface area contributed by atoms with E-state index in [-0.39, 0.29) is 18.6 Å². The number of carbonyl (C=O) groups is 1. The smallest absolute Gasteiger partial charge is 0.219 e. The lowest BCUT2D eigenvalue weighted by molar-refractivity contribution is -0.130. The van der Waals surface area contributed by atoms with E-state index in [1.807, 2.05) is 31.2 Å². The number of carbonyl (C=O) groups excluding carboxylic acids is 1. The minimum Gasteiger partial charge on any atom is -0.394 e. The third-order valence-electron chi connectivity index (χ3n) is 2.68. The molecule has 0 spiro atoms. The van der Waals surface area contributed by atoms with Gasteiger partial charge >= 0.3 is 0 Å². The third kappa shape index (κ3) is 2.57. The Morgan fingerprint density at radius 1 is 1.47 bits per heavy atom. The molecule has 0 bridgehead atoms. The van der Waals surface area contributed by atoms with Crippen LogP contribution in [0.25, 0.3) is 0 Å². The van der Waals surface area contributed by atoms with Gasteiger partial charge in [0.1, 0.15) is 0 Å². The van der Waals surface area contributed by atoms with Gasteiger partial charge in [-0.2, -0.15) is 0 Å². The number of nitrogens with zero attached hydrogens (tertiary/aromatic N) is 1. The molecule has 15 heavy (non-hydrogen) atoms. The molecule has 3 heteroatoms. The summed E-state index contributed by atoms with van der Waals surface area (Å²) in [6, 6.07) is 7.53. The second-order valence-electron chi connectivity index (χ2n) is 3.68. The Kier molecular flexibility index (Phi) is 3.86. The molecule has 1 rings (SSSR count). The molecular formula is C12H17NO2. The van der Waals surface area contributed by atoms with Crippen molar-refractivity contribution in [3.63, 3.8) is 0 Å². The van der Waals surface area contributed by atoms with Crippen molar-refractivity contribution in [3.05, 3.63) is 35.4 Å². The molecule has 0 aliphatic carbocycles. The lowest BCUT2D eigenvalue weighted by atomic mass is 10.0. The number of benzene rings is 1. The van der Waals surface area contributed by atoms with Crippen LogP contribution in [0.2, 0.25) is 0 Å². The van der Waals surface area contributed by atoms with E-state index >= 15 is 0 Å². The van der Waals surface area contributed by atoms with E-state index in [0.717, 1.165) is 11.1 Å². The van der Waals surface area contributed by atoms with Crippen molar-refractivity contribution in [1.29, 1.82) is 0 Å². The van der Waals surface area contributed by atoms with Crippen molar-refractivity contribution < 1.29 is 9.90 Å². The molecule has 0 heterocycles. The number of aliphatic hydroxyl groups excluding tert-OH is 1. The largest absolute Gasteiger partial charge is 0.394 e. The molecule has 1 atom stereocenters. The van der Waals surface area contributed by atoms with Crippen LogP contribution in [-0.2, 0) is 4.79 Å². The molecule has 0 saturated carbocycles. The van der Waals surface area contributed by atoms with Crippen LogP contribution in [0.1, 0.15) is 24.1 Å². The minimum absolute atomic E-state index is 0.0442. The van der Waals surface area contributed by atoms with Crippen molar-refractivity contribution >= 4 is 5.91 Å². The van der Waals surface area contributed by atoms with Crippen LogP contribution in [-0.4, -0.2) is 29.6 Å². The van der Waals surface area contributed by atoms with Gasteiger partial charge in [-0.25, -0.2) is 0 Å². The van der Waals surface area contributed by atoms with Gasteiger partial charge in [0.05, 0.1) is 12.6 Å². The zero-order chi connectivity index (χ0) is 11.4. The summed E-state index contributed by atoms with van der Waals surface area (Å²) in [6.07, 6.45) is 0. The zero-order valence-corrected chi connectivity index (χ0v) is 9.40. The average molecular weight is 207 g/mol. The van der Waals surface area contributed by atoms with E-state index in [9.17, 15) is 9.90 Å². The van der Waals surface area contributed by atoms with E-state index in [4.69, 9.17) is 0 Å². The molecule has 0 aliphatic heterocycles. The van der Waals surface area contributed by atoms with Gasteiger partial charge in [-0.3, -0.25) is 4.79 Å². The number of hydrogen-bond acceptors (Lipinski definition) is 2. The fourth-order valence-electron chi connectivity index (χ4n) is 1.61. The SMILES string of the molecule is CC(=O)N(C)C(CO)c1ccccc1C. The minimum atomic E-state index is -0.247. The molecule has 1 unspecified atom stereocenters. The fourth-order valence-corrected chi connectivity index (χ4v) is 1.61. The quantitative estimate of drug-likeness (QED) is 0.816. The summed E-state index contributed by atoms with van der Waals surface area (Å²) in [5.41, 5.74) is 2.09. The van der Waals surface area contributed by atoms with Crippen LogP contribution < -0.4 is 0 Å². The van der Waals surface area contributed by atoms with E-state index in [0.29, 0.717) is 0 Å². The summed E-state index contributed by atoms with van der Waals surface area (Å²) in [5.74, 6) is -0.0442. The van der Waals surface area contributed by atoms with Crippen molar-refractivity contribution in [2.75, 3.05) is 13.7 Å². The maximum atomic E-state index is 11.2. The molecule has 1 aromatic rings. The van der Waals surface area contributed by atoms with Gasteiger partial charge < -0.3 is 10.0 Å². The molecular weight excluding hydrogens is 190 g/mol. The molecule has 1 amide bonds. The maximum absolute atomic E-state index is 11.2. The van der Waals surface area contributed by atoms with Crippen molar-refractivity contribution in [3.8, 4) is 0 Å². The van der Waals surface area contributed by atoms with Gasteiger partial charge in [0.25, 0.3) is 0 Å². The topological polar surface area (TPSA) is 40.5 Å². The highest BCUT2D eigenvalue weighted by molar-refractivity contribution is 5.73.